The first kappa shape index (κ1) is 12.2. The Balaban J connectivity index is 2.42. The monoisotopic (exact) mass is 258 g/mol. The SMILES string of the molecule is CN(C(=O)C(F)(F)F)c1ccc2ncc(N)n2c1. The summed E-state index contributed by atoms with van der Waals surface area (Å²) in [7, 11) is 1.05. The van der Waals surface area contributed by atoms with E-state index in [2.05, 4.69) is 4.98 Å². The minimum atomic E-state index is -4.91. The third-order valence-electron chi connectivity index (χ3n) is 2.45. The van der Waals surface area contributed by atoms with Gasteiger partial charge >= 0.3 is 12.1 Å². The predicted molar refractivity (Wildman–Crippen MR) is 59.1 cm³/mol. The molecule has 0 radical (unpaired) electrons. The number of aromatic nitrogens is 2. The number of anilines is 2. The Hall–Kier alpha value is -2.25. The maximum absolute atomic E-state index is 12.3. The van der Waals surface area contributed by atoms with E-state index in [9.17, 15) is 18.0 Å². The number of carbonyl (C=O) groups excluding carboxylic acids is 1. The molecule has 0 aliphatic heterocycles. The molecule has 0 bridgehead atoms. The molecule has 0 aliphatic carbocycles. The Morgan fingerprint density at radius 2 is 2.11 bits per heavy atom. The molecule has 0 unspecified atom stereocenters. The molecule has 96 valence electrons. The summed E-state index contributed by atoms with van der Waals surface area (Å²) < 4.78 is 38.2. The van der Waals surface area contributed by atoms with Crippen molar-refractivity contribution in [2.75, 3.05) is 17.7 Å². The number of nitrogens with zero attached hydrogens (tertiary/aromatic N) is 3. The summed E-state index contributed by atoms with van der Waals surface area (Å²) in [6.45, 7) is 0. The standard InChI is InChI=1S/C10H9F3N4O/c1-16(9(18)10(11,12)13)6-2-3-8-15-4-7(14)17(8)5-6/h2-5H,14H2,1H3. The van der Waals surface area contributed by atoms with E-state index >= 15 is 0 Å². The zero-order valence-electron chi connectivity index (χ0n) is 9.27. The number of nitrogen functional groups attached to an aromatic ring is 1. The molecule has 2 heterocycles. The van der Waals surface area contributed by atoms with Crippen molar-refractivity contribution in [3.63, 3.8) is 0 Å². The Morgan fingerprint density at radius 3 is 2.72 bits per heavy atom. The Kier molecular flexibility index (Phi) is 2.64. The van der Waals surface area contributed by atoms with E-state index < -0.39 is 12.1 Å². The third-order valence-corrected chi connectivity index (χ3v) is 2.45. The molecule has 0 aromatic carbocycles. The summed E-state index contributed by atoms with van der Waals surface area (Å²) in [6, 6.07) is 2.84. The normalized spacial score (nSPS) is 11.8. The third kappa shape index (κ3) is 1.96. The van der Waals surface area contributed by atoms with Crippen molar-refractivity contribution in [2.45, 2.75) is 6.18 Å². The van der Waals surface area contributed by atoms with E-state index in [0.717, 1.165) is 7.05 Å². The van der Waals surface area contributed by atoms with Gasteiger partial charge in [-0.1, -0.05) is 0 Å². The molecule has 0 saturated heterocycles. The summed E-state index contributed by atoms with van der Waals surface area (Å²) >= 11 is 0. The Labute approximate surface area is 99.6 Å². The van der Waals surface area contributed by atoms with Gasteiger partial charge in [0.05, 0.1) is 11.9 Å². The second-order valence-corrected chi connectivity index (χ2v) is 3.66. The number of hydrogen-bond donors (Lipinski definition) is 1. The fourth-order valence-electron chi connectivity index (χ4n) is 1.49. The van der Waals surface area contributed by atoms with Crippen LogP contribution in [-0.4, -0.2) is 28.5 Å². The number of amides is 1. The molecule has 2 N–H and O–H groups in total. The van der Waals surface area contributed by atoms with Gasteiger partial charge in [-0.15, -0.1) is 0 Å². The number of halogens is 3. The van der Waals surface area contributed by atoms with E-state index in [1.54, 1.807) is 0 Å². The first-order valence-corrected chi connectivity index (χ1v) is 4.88. The minimum Gasteiger partial charge on any atom is -0.383 e. The number of alkyl halides is 3. The van der Waals surface area contributed by atoms with Gasteiger partial charge in [0.25, 0.3) is 0 Å². The number of fused-ring (bicyclic) bond motifs is 1. The van der Waals surface area contributed by atoms with E-state index in [1.165, 1.54) is 28.9 Å². The highest BCUT2D eigenvalue weighted by Gasteiger charge is 2.41. The highest BCUT2D eigenvalue weighted by atomic mass is 19.4. The molecule has 0 atom stereocenters. The van der Waals surface area contributed by atoms with Crippen molar-refractivity contribution in [1.82, 2.24) is 9.38 Å². The quantitative estimate of drug-likeness (QED) is 0.841. The molecule has 1 amide bonds. The summed E-state index contributed by atoms with van der Waals surface area (Å²) in [5.74, 6) is -1.67. The summed E-state index contributed by atoms with van der Waals surface area (Å²) in [6.07, 6.45) is -2.21. The van der Waals surface area contributed by atoms with Gasteiger partial charge < -0.3 is 10.6 Å². The first-order chi connectivity index (χ1) is 8.30. The number of imidazole rings is 1. The summed E-state index contributed by atoms with van der Waals surface area (Å²) in [5, 5.41) is 0. The van der Waals surface area contributed by atoms with E-state index in [-0.39, 0.29) is 11.5 Å². The molecule has 5 nitrogen and oxygen atoms in total. The highest BCUT2D eigenvalue weighted by Crippen LogP contribution is 2.23. The number of hydrogen-bond acceptors (Lipinski definition) is 3. The number of pyridine rings is 1. The van der Waals surface area contributed by atoms with Crippen LogP contribution in [0, 0.1) is 0 Å². The van der Waals surface area contributed by atoms with Crippen molar-refractivity contribution < 1.29 is 18.0 Å². The van der Waals surface area contributed by atoms with E-state index in [4.69, 9.17) is 5.73 Å². The van der Waals surface area contributed by atoms with Crippen LogP contribution in [0.2, 0.25) is 0 Å². The van der Waals surface area contributed by atoms with Gasteiger partial charge in [0.15, 0.2) is 0 Å². The maximum Gasteiger partial charge on any atom is 0.471 e. The first-order valence-electron chi connectivity index (χ1n) is 4.88. The molecule has 2 rings (SSSR count). The van der Waals surface area contributed by atoms with Crippen molar-refractivity contribution in [3.05, 3.63) is 24.5 Å². The number of carbonyl (C=O) groups is 1. The molecule has 18 heavy (non-hydrogen) atoms. The van der Waals surface area contributed by atoms with Gasteiger partial charge in [-0.2, -0.15) is 13.2 Å². The molecule has 2 aromatic heterocycles. The molecular formula is C10H9F3N4O. The Morgan fingerprint density at radius 1 is 1.44 bits per heavy atom. The van der Waals surface area contributed by atoms with Crippen molar-refractivity contribution >= 4 is 23.1 Å². The van der Waals surface area contributed by atoms with Crippen LogP contribution in [0.4, 0.5) is 24.7 Å². The van der Waals surface area contributed by atoms with Gasteiger partial charge in [-0.05, 0) is 12.1 Å². The maximum atomic E-state index is 12.3. The van der Waals surface area contributed by atoms with Crippen LogP contribution in [0.5, 0.6) is 0 Å². The lowest BCUT2D eigenvalue weighted by molar-refractivity contribution is -0.170. The predicted octanol–water partition coefficient (Wildman–Crippen LogP) is 1.44. The molecule has 0 spiro atoms. The minimum absolute atomic E-state index is 0.0783. The molecule has 2 aromatic rings. The van der Waals surface area contributed by atoms with Crippen molar-refractivity contribution in [3.8, 4) is 0 Å². The van der Waals surface area contributed by atoms with Crippen LogP contribution in [0.1, 0.15) is 0 Å². The smallest absolute Gasteiger partial charge is 0.383 e. The van der Waals surface area contributed by atoms with E-state index in [1.807, 2.05) is 0 Å². The van der Waals surface area contributed by atoms with Gasteiger partial charge in [-0.25, -0.2) is 4.98 Å². The summed E-state index contributed by atoms with van der Waals surface area (Å²) in [5.41, 5.74) is 6.15. The van der Waals surface area contributed by atoms with Crippen LogP contribution >= 0.6 is 0 Å². The Bertz CT molecular complexity index is 605. The molecule has 0 saturated carbocycles. The lowest BCUT2D eigenvalue weighted by Gasteiger charge is -2.18. The molecule has 8 heteroatoms. The molecular weight excluding hydrogens is 249 g/mol. The lowest BCUT2D eigenvalue weighted by atomic mass is 10.3. The fraction of sp³-hybridized carbons (Fsp3) is 0.200. The zero-order valence-corrected chi connectivity index (χ0v) is 9.27. The average molecular weight is 258 g/mol. The lowest BCUT2D eigenvalue weighted by Crippen LogP contribution is -2.38. The second kappa shape index (κ2) is 3.90. The van der Waals surface area contributed by atoms with Crippen LogP contribution in [0.3, 0.4) is 0 Å². The van der Waals surface area contributed by atoms with Crippen LogP contribution in [0.15, 0.2) is 24.5 Å². The van der Waals surface area contributed by atoms with Crippen molar-refractivity contribution in [2.24, 2.45) is 0 Å². The highest BCUT2D eigenvalue weighted by molar-refractivity contribution is 5.96. The van der Waals surface area contributed by atoms with Crippen LogP contribution in [-0.2, 0) is 4.79 Å². The van der Waals surface area contributed by atoms with Crippen molar-refractivity contribution in [1.29, 1.82) is 0 Å². The van der Waals surface area contributed by atoms with Gasteiger partial charge in [-0.3, -0.25) is 9.20 Å². The zero-order chi connectivity index (χ0) is 13.5. The number of rotatable bonds is 1. The second-order valence-electron chi connectivity index (χ2n) is 3.66. The summed E-state index contributed by atoms with van der Waals surface area (Å²) in [4.78, 5) is 15.5. The fourth-order valence-corrected chi connectivity index (χ4v) is 1.49. The molecule has 0 aliphatic rings. The van der Waals surface area contributed by atoms with Crippen LogP contribution < -0.4 is 10.6 Å². The topological polar surface area (TPSA) is 63.6 Å². The van der Waals surface area contributed by atoms with Crippen LogP contribution in [0.25, 0.3) is 5.65 Å². The van der Waals surface area contributed by atoms with Gasteiger partial charge in [0.1, 0.15) is 11.5 Å². The molecule has 0 fully saturated rings. The van der Waals surface area contributed by atoms with Gasteiger partial charge in [0.2, 0.25) is 0 Å². The average Bonchev–Trinajstić information content (AvgIpc) is 2.67. The number of nitrogens with two attached hydrogens (primary N) is 1. The van der Waals surface area contributed by atoms with E-state index in [0.29, 0.717) is 10.5 Å². The van der Waals surface area contributed by atoms with Gasteiger partial charge in [0, 0.05) is 13.2 Å². The largest absolute Gasteiger partial charge is 0.471 e.